The van der Waals surface area contributed by atoms with Gasteiger partial charge in [-0.25, -0.2) is 0 Å². The summed E-state index contributed by atoms with van der Waals surface area (Å²) in [4.78, 5) is 16.9. The average Bonchev–Trinajstić information content (AvgIpc) is 2.86. The largest absolute Gasteiger partial charge is 0.493 e. The predicted octanol–water partition coefficient (Wildman–Crippen LogP) is 2.48. The van der Waals surface area contributed by atoms with Crippen molar-refractivity contribution < 1.29 is 31.7 Å². The summed E-state index contributed by atoms with van der Waals surface area (Å²) in [5, 5.41) is 10.4. The van der Waals surface area contributed by atoms with E-state index in [-0.39, 0.29) is 18.7 Å². The number of rotatable bonds is 10. The van der Waals surface area contributed by atoms with Crippen LogP contribution in [0.15, 0.2) is 42.4 Å². The number of carbonyl (C=O) groups excluding carboxylic acids is 1. The Morgan fingerprint density at radius 1 is 1.13 bits per heavy atom. The molecule has 0 spiro atoms. The lowest BCUT2D eigenvalue weighted by Crippen LogP contribution is -2.50. The molecule has 168 valence electrons. The van der Waals surface area contributed by atoms with E-state index >= 15 is 0 Å². The van der Waals surface area contributed by atoms with Gasteiger partial charge in [0.2, 0.25) is 0 Å². The third-order valence-electron chi connectivity index (χ3n) is 5.19. The van der Waals surface area contributed by atoms with E-state index in [0.717, 1.165) is 0 Å². The number of para-hydroxylation sites is 2. The zero-order valence-corrected chi connectivity index (χ0v) is 17.6. The maximum Gasteiger partial charge on any atom is 0.161 e. The normalized spacial score (nSPS) is 21.2. The highest BCUT2D eigenvalue weighted by Gasteiger charge is 2.21. The fourth-order valence-electron chi connectivity index (χ4n) is 3.52. The minimum Gasteiger partial charge on any atom is -0.493 e. The number of aliphatic hydroxyl groups is 1. The van der Waals surface area contributed by atoms with Crippen molar-refractivity contribution in [3.63, 3.8) is 0 Å². The topological polar surface area (TPSA) is 62.2 Å². The van der Waals surface area contributed by atoms with Crippen molar-refractivity contribution in [2.75, 3.05) is 53.0 Å². The summed E-state index contributed by atoms with van der Waals surface area (Å²) in [6.45, 7) is -3.41. The van der Waals surface area contributed by atoms with Crippen LogP contribution in [-0.4, -0.2) is 79.8 Å². The minimum absolute atomic E-state index is 0.0719. The van der Waals surface area contributed by atoms with Crippen LogP contribution in [-0.2, 0) is 11.2 Å². The van der Waals surface area contributed by atoms with Crippen molar-refractivity contribution in [3.8, 4) is 11.5 Å². The lowest BCUT2D eigenvalue weighted by molar-refractivity contribution is -0.120. The summed E-state index contributed by atoms with van der Waals surface area (Å²) in [7, 11) is 1.54. The summed E-state index contributed by atoms with van der Waals surface area (Å²) >= 11 is 0. The Labute approximate surface area is 198 Å². The molecule has 0 aliphatic carbocycles. The highest BCUT2D eigenvalue weighted by molar-refractivity contribution is 5.83. The van der Waals surface area contributed by atoms with Gasteiger partial charge < -0.3 is 14.6 Å². The molecule has 1 N–H and O–H groups in total. The Morgan fingerprint density at radius 2 is 1.77 bits per heavy atom. The predicted molar refractivity (Wildman–Crippen MR) is 122 cm³/mol. The van der Waals surface area contributed by atoms with Crippen LogP contribution >= 0.6 is 0 Å². The SMILES string of the molecule is [2H]c1c([2H])c(C([2H])([2H])[2H])c(CC(=O)CN2CCN(CC(O)COc3ccccc3OC)CC2)c(C([2H])([2H])[2H])c1[2H]. The van der Waals surface area contributed by atoms with Gasteiger partial charge in [-0.2, -0.15) is 0 Å². The van der Waals surface area contributed by atoms with Gasteiger partial charge in [0.05, 0.1) is 17.8 Å². The monoisotopic (exact) mass is 435 g/mol. The van der Waals surface area contributed by atoms with Crippen molar-refractivity contribution in [2.24, 2.45) is 0 Å². The van der Waals surface area contributed by atoms with E-state index in [9.17, 15) is 9.90 Å². The van der Waals surface area contributed by atoms with E-state index in [1.807, 2.05) is 15.9 Å². The Balaban J connectivity index is 1.60. The van der Waals surface area contributed by atoms with Crippen LogP contribution < -0.4 is 9.47 Å². The number of β-amino-alcohol motifs (C(OH)–C–C–N with tert-alkyl or cyclic N) is 1. The Morgan fingerprint density at radius 3 is 2.42 bits per heavy atom. The van der Waals surface area contributed by atoms with Crippen LogP contribution in [0.3, 0.4) is 0 Å². The smallest absolute Gasteiger partial charge is 0.161 e. The first-order valence-corrected chi connectivity index (χ1v) is 10.2. The number of aliphatic hydroxyl groups excluding tert-OH is 1. The second kappa shape index (κ2) is 11.3. The van der Waals surface area contributed by atoms with Gasteiger partial charge in [0.1, 0.15) is 12.7 Å². The Kier molecular flexibility index (Phi) is 5.05. The zero-order chi connectivity index (χ0) is 29.8. The molecular formula is C25H34N2O4. The molecule has 6 heteroatoms. The highest BCUT2D eigenvalue weighted by Crippen LogP contribution is 2.25. The molecule has 0 bridgehead atoms. The van der Waals surface area contributed by atoms with Crippen LogP contribution in [0.4, 0.5) is 0 Å². The summed E-state index contributed by atoms with van der Waals surface area (Å²) < 4.78 is 81.9. The maximum atomic E-state index is 13.0. The molecule has 3 rings (SSSR count). The standard InChI is InChI=1S/C25H34N2O4/c1-19-7-6-8-20(2)23(19)15-21(28)16-26-11-13-27(14-12-26)17-22(29)18-31-25-10-5-4-9-24(25)30-3/h4-10,22,29H,11-18H2,1-3H3/i1D3,2D3,6D,7D,8D. The molecule has 1 atom stereocenters. The minimum atomic E-state index is -2.93. The number of benzene rings is 2. The van der Waals surface area contributed by atoms with Gasteiger partial charge in [0.15, 0.2) is 17.3 Å². The van der Waals surface area contributed by atoms with Crippen molar-refractivity contribution in [2.45, 2.75) is 26.2 Å². The second-order valence-electron chi connectivity index (χ2n) is 7.51. The third-order valence-corrected chi connectivity index (χ3v) is 5.19. The molecule has 0 amide bonds. The first-order chi connectivity index (χ1) is 18.6. The number of methoxy groups -OCH3 is 1. The van der Waals surface area contributed by atoms with Crippen molar-refractivity contribution in [3.05, 3.63) is 59.1 Å². The van der Waals surface area contributed by atoms with E-state index in [1.165, 1.54) is 7.11 Å². The first kappa shape index (κ1) is 13.9. The molecule has 1 saturated heterocycles. The van der Waals surface area contributed by atoms with Crippen molar-refractivity contribution >= 4 is 5.78 Å². The molecule has 1 unspecified atom stereocenters. The van der Waals surface area contributed by atoms with Gasteiger partial charge in [0.25, 0.3) is 0 Å². The molecule has 1 aliphatic rings. The molecule has 1 aliphatic heterocycles. The molecule has 31 heavy (non-hydrogen) atoms. The number of ketones is 1. The van der Waals surface area contributed by atoms with Gasteiger partial charge in [-0.3, -0.25) is 14.6 Å². The van der Waals surface area contributed by atoms with Crippen LogP contribution in [0, 0.1) is 13.7 Å². The maximum absolute atomic E-state index is 13.0. The number of carbonyl (C=O) groups is 1. The molecule has 0 radical (unpaired) electrons. The van der Waals surface area contributed by atoms with Crippen LogP contribution in [0.1, 0.15) is 29.0 Å². The lowest BCUT2D eigenvalue weighted by Gasteiger charge is -2.35. The molecule has 6 nitrogen and oxygen atoms in total. The fraction of sp³-hybridized carbons (Fsp3) is 0.480. The summed E-state index contributed by atoms with van der Waals surface area (Å²) in [6, 6.07) is 4.82. The van der Waals surface area contributed by atoms with Gasteiger partial charge in [-0.1, -0.05) is 30.3 Å². The summed E-state index contributed by atoms with van der Waals surface area (Å²) in [6.07, 6.45) is -1.33. The first-order valence-electron chi connectivity index (χ1n) is 14.7. The quantitative estimate of drug-likeness (QED) is 0.619. The molecular weight excluding hydrogens is 392 g/mol. The van der Waals surface area contributed by atoms with Crippen molar-refractivity contribution in [1.29, 1.82) is 0 Å². The Bertz CT molecular complexity index is 1160. The molecule has 2 aromatic carbocycles. The van der Waals surface area contributed by atoms with Crippen LogP contribution in [0.25, 0.3) is 0 Å². The molecule has 1 fully saturated rings. The second-order valence-corrected chi connectivity index (χ2v) is 7.51. The summed E-state index contributed by atoms with van der Waals surface area (Å²) in [5.74, 6) is 0.646. The number of ether oxygens (including phenoxy) is 2. The third kappa shape index (κ3) is 6.79. The van der Waals surface area contributed by atoms with E-state index < -0.39 is 61.3 Å². The lowest BCUT2D eigenvalue weighted by atomic mass is 9.98. The molecule has 1 heterocycles. The average molecular weight is 436 g/mol. The number of piperazine rings is 1. The van der Waals surface area contributed by atoms with Crippen LogP contribution in [0.2, 0.25) is 0 Å². The van der Waals surface area contributed by atoms with E-state index in [4.69, 9.17) is 21.8 Å². The van der Waals surface area contributed by atoms with Gasteiger partial charge in [0, 0.05) is 47.4 Å². The van der Waals surface area contributed by atoms with Gasteiger partial charge in [-0.05, 0) is 42.5 Å². The summed E-state index contributed by atoms with van der Waals surface area (Å²) in [5.41, 5.74) is -1.71. The van der Waals surface area contributed by atoms with Crippen LogP contribution in [0.5, 0.6) is 11.5 Å². The number of nitrogens with zero attached hydrogens (tertiary/aromatic N) is 2. The van der Waals surface area contributed by atoms with E-state index in [0.29, 0.717) is 44.2 Å². The number of hydrogen-bond donors (Lipinski definition) is 1. The van der Waals surface area contributed by atoms with E-state index in [2.05, 4.69) is 0 Å². The van der Waals surface area contributed by atoms with Gasteiger partial charge in [-0.15, -0.1) is 0 Å². The fourth-order valence-corrected chi connectivity index (χ4v) is 3.52. The number of hydrogen-bond acceptors (Lipinski definition) is 6. The molecule has 0 aromatic heterocycles. The molecule has 0 saturated carbocycles. The Hall–Kier alpha value is -2.41. The highest BCUT2D eigenvalue weighted by atomic mass is 16.5. The van der Waals surface area contributed by atoms with E-state index in [1.54, 1.807) is 18.2 Å². The molecule has 2 aromatic rings. The number of Topliss-reactive ketones (excluding diaryl/α,β-unsaturated/α-hetero) is 1. The zero-order valence-electron chi connectivity index (χ0n) is 26.6. The van der Waals surface area contributed by atoms with Crippen molar-refractivity contribution in [1.82, 2.24) is 9.80 Å². The van der Waals surface area contributed by atoms with Gasteiger partial charge >= 0.3 is 0 Å².